The van der Waals surface area contributed by atoms with Crippen LogP contribution in [0.5, 0.6) is 0 Å². The average molecular weight is 502 g/mol. The highest BCUT2D eigenvalue weighted by Crippen LogP contribution is 2.29. The van der Waals surface area contributed by atoms with Crippen LogP contribution in [0.4, 0.5) is 0 Å². The molecule has 1 aliphatic heterocycles. The van der Waals surface area contributed by atoms with E-state index in [-0.39, 0.29) is 5.75 Å². The molecule has 0 spiro atoms. The van der Waals surface area contributed by atoms with Crippen molar-refractivity contribution in [2.45, 2.75) is 44.1 Å². The Morgan fingerprint density at radius 3 is 2.28 bits per heavy atom. The number of rotatable bonds is 9. The van der Waals surface area contributed by atoms with Crippen LogP contribution in [-0.2, 0) is 35.3 Å². The van der Waals surface area contributed by atoms with Gasteiger partial charge in [0.1, 0.15) is 0 Å². The molecular formula is C30H35N3O2S. The summed E-state index contributed by atoms with van der Waals surface area (Å²) in [5, 5.41) is 1.17. The quantitative estimate of drug-likeness (QED) is 0.313. The predicted molar refractivity (Wildman–Crippen MR) is 147 cm³/mol. The van der Waals surface area contributed by atoms with E-state index in [1.165, 1.54) is 33.7 Å². The number of benzene rings is 3. The summed E-state index contributed by atoms with van der Waals surface area (Å²) < 4.78 is 30.2. The van der Waals surface area contributed by atoms with Gasteiger partial charge >= 0.3 is 0 Å². The third-order valence-electron chi connectivity index (χ3n) is 7.42. The molecule has 0 aliphatic carbocycles. The normalized spacial score (nSPS) is 16.8. The number of aromatic nitrogens is 1. The second-order valence-corrected chi connectivity index (χ2v) is 12.2. The first-order chi connectivity index (χ1) is 17.4. The lowest BCUT2D eigenvalue weighted by molar-refractivity contribution is 0.309. The van der Waals surface area contributed by atoms with Crippen LogP contribution in [0, 0.1) is 0 Å². The number of fused-ring (bicyclic) bond motifs is 1. The monoisotopic (exact) mass is 501 g/mol. The highest BCUT2D eigenvalue weighted by atomic mass is 32.2. The molecule has 1 aromatic heterocycles. The largest absolute Gasteiger partial charge is 0.343 e. The molecule has 1 unspecified atom stereocenters. The second kappa shape index (κ2) is 10.6. The van der Waals surface area contributed by atoms with Gasteiger partial charge in [0.05, 0.1) is 5.75 Å². The highest BCUT2D eigenvalue weighted by molar-refractivity contribution is 7.88. The van der Waals surface area contributed by atoms with Crippen LogP contribution in [0.1, 0.15) is 35.1 Å². The summed E-state index contributed by atoms with van der Waals surface area (Å²) in [7, 11) is 0.427. The lowest BCUT2D eigenvalue weighted by Crippen LogP contribution is -2.27. The molecule has 188 valence electrons. The van der Waals surface area contributed by atoms with Crippen molar-refractivity contribution in [3.05, 3.63) is 107 Å². The zero-order valence-corrected chi connectivity index (χ0v) is 22.0. The molecule has 36 heavy (non-hydrogen) atoms. The van der Waals surface area contributed by atoms with Crippen molar-refractivity contribution in [2.24, 2.45) is 0 Å². The molecule has 0 bridgehead atoms. The third-order valence-corrected chi connectivity index (χ3v) is 9.20. The van der Waals surface area contributed by atoms with Gasteiger partial charge in [-0.15, -0.1) is 0 Å². The molecule has 1 saturated heterocycles. The van der Waals surface area contributed by atoms with E-state index in [9.17, 15) is 8.42 Å². The minimum absolute atomic E-state index is 0.00108. The summed E-state index contributed by atoms with van der Waals surface area (Å²) in [5.74, 6) is -0.00108. The molecule has 3 aromatic carbocycles. The zero-order chi connectivity index (χ0) is 25.1. The van der Waals surface area contributed by atoms with E-state index in [2.05, 4.69) is 59.1 Å². The number of hydrogen-bond donors (Lipinski definition) is 0. The fourth-order valence-electron chi connectivity index (χ4n) is 5.33. The van der Waals surface area contributed by atoms with Gasteiger partial charge in [-0.25, -0.2) is 12.7 Å². The Morgan fingerprint density at radius 1 is 0.917 bits per heavy atom. The number of hydrogen-bond acceptors (Lipinski definition) is 3. The Bertz CT molecular complexity index is 1410. The summed E-state index contributed by atoms with van der Waals surface area (Å²) in [6, 6.07) is 26.9. The van der Waals surface area contributed by atoms with E-state index < -0.39 is 10.0 Å². The molecule has 0 amide bonds. The molecule has 6 heteroatoms. The van der Waals surface area contributed by atoms with Crippen molar-refractivity contribution in [3.8, 4) is 0 Å². The third kappa shape index (κ3) is 5.56. The highest BCUT2D eigenvalue weighted by Gasteiger charge is 2.24. The van der Waals surface area contributed by atoms with Crippen molar-refractivity contribution in [1.29, 1.82) is 0 Å². The maximum Gasteiger partial charge on any atom is 0.218 e. The summed E-state index contributed by atoms with van der Waals surface area (Å²) in [4.78, 5) is 2.45. The van der Waals surface area contributed by atoms with Gasteiger partial charge in [0, 0.05) is 43.3 Å². The zero-order valence-electron chi connectivity index (χ0n) is 21.2. The first-order valence-electron chi connectivity index (χ1n) is 12.7. The summed E-state index contributed by atoms with van der Waals surface area (Å²) in [6.45, 7) is 2.32. The maximum atomic E-state index is 13.2. The van der Waals surface area contributed by atoms with E-state index in [4.69, 9.17) is 0 Å². The van der Waals surface area contributed by atoms with Crippen LogP contribution in [0.3, 0.4) is 0 Å². The fraction of sp³-hybridized carbons (Fsp3) is 0.333. The Balaban J connectivity index is 1.44. The van der Waals surface area contributed by atoms with Crippen LogP contribution in [0.25, 0.3) is 10.9 Å². The molecule has 2 heterocycles. The lowest BCUT2D eigenvalue weighted by Gasteiger charge is -2.19. The lowest BCUT2D eigenvalue weighted by atomic mass is 10.0. The summed E-state index contributed by atoms with van der Waals surface area (Å²) >= 11 is 0. The standard InChI is InChI=1S/C30H35N3O2S/c1-31-17-9-14-28(31)19-27-22-33(21-25-12-7-4-8-13-25)30-16-15-26(18-29(27)30)23-36(34,35)32(2)20-24-10-5-3-6-11-24/h3-8,10-13,15-16,18,22,28H,9,14,17,19-21,23H2,1-2H3. The van der Waals surface area contributed by atoms with Crippen molar-refractivity contribution in [3.63, 3.8) is 0 Å². The Morgan fingerprint density at radius 2 is 1.61 bits per heavy atom. The predicted octanol–water partition coefficient (Wildman–Crippen LogP) is 5.29. The van der Waals surface area contributed by atoms with Gasteiger partial charge in [0.25, 0.3) is 0 Å². The van der Waals surface area contributed by atoms with Crippen molar-refractivity contribution >= 4 is 20.9 Å². The van der Waals surface area contributed by atoms with E-state index in [0.29, 0.717) is 12.6 Å². The van der Waals surface area contributed by atoms with E-state index in [1.807, 2.05) is 42.5 Å². The molecular weight excluding hydrogens is 466 g/mol. The Kier molecular flexibility index (Phi) is 7.28. The first kappa shape index (κ1) is 24.8. The van der Waals surface area contributed by atoms with Crippen LogP contribution in [-0.4, -0.2) is 48.9 Å². The minimum Gasteiger partial charge on any atom is -0.343 e. The van der Waals surface area contributed by atoms with Gasteiger partial charge in [-0.3, -0.25) is 0 Å². The maximum absolute atomic E-state index is 13.2. The van der Waals surface area contributed by atoms with Gasteiger partial charge in [0.15, 0.2) is 0 Å². The molecule has 1 atom stereocenters. The Hall–Kier alpha value is -2.93. The molecule has 5 nitrogen and oxygen atoms in total. The van der Waals surface area contributed by atoms with Crippen LogP contribution in [0.2, 0.25) is 0 Å². The van der Waals surface area contributed by atoms with Gasteiger partial charge in [-0.1, -0.05) is 66.7 Å². The average Bonchev–Trinajstić information content (AvgIpc) is 3.43. The summed E-state index contributed by atoms with van der Waals surface area (Å²) in [5.41, 5.74) is 5.54. The number of likely N-dealkylation sites (tertiary alicyclic amines) is 1. The Labute approximate surface area is 215 Å². The molecule has 1 fully saturated rings. The molecule has 1 aliphatic rings. The first-order valence-corrected chi connectivity index (χ1v) is 14.3. The number of nitrogens with zero attached hydrogens (tertiary/aromatic N) is 3. The summed E-state index contributed by atoms with van der Waals surface area (Å²) in [6.07, 6.45) is 5.71. The molecule has 0 radical (unpaired) electrons. The molecule has 0 saturated carbocycles. The molecule has 0 N–H and O–H groups in total. The minimum atomic E-state index is -3.45. The second-order valence-electron chi connectivity index (χ2n) is 10.1. The van der Waals surface area contributed by atoms with Crippen LogP contribution >= 0.6 is 0 Å². The van der Waals surface area contributed by atoms with Crippen molar-refractivity contribution in [1.82, 2.24) is 13.8 Å². The molecule has 4 aromatic rings. The van der Waals surface area contributed by atoms with Crippen molar-refractivity contribution < 1.29 is 8.42 Å². The number of likely N-dealkylation sites (N-methyl/N-ethyl adjacent to an activating group) is 1. The number of sulfonamides is 1. The molecule has 5 rings (SSSR count). The van der Waals surface area contributed by atoms with E-state index in [0.717, 1.165) is 36.2 Å². The van der Waals surface area contributed by atoms with Crippen molar-refractivity contribution in [2.75, 3.05) is 20.6 Å². The SMILES string of the molecule is CN1CCCC1Cc1cn(Cc2ccccc2)c2ccc(CS(=O)(=O)N(C)Cc3ccccc3)cc12. The van der Waals surface area contributed by atoms with Crippen LogP contribution < -0.4 is 0 Å². The van der Waals surface area contributed by atoms with Gasteiger partial charge in [-0.2, -0.15) is 0 Å². The van der Waals surface area contributed by atoms with Gasteiger partial charge in [0.2, 0.25) is 10.0 Å². The van der Waals surface area contributed by atoms with E-state index >= 15 is 0 Å². The topological polar surface area (TPSA) is 45.6 Å². The van der Waals surface area contributed by atoms with Gasteiger partial charge in [-0.05, 0) is 67.2 Å². The van der Waals surface area contributed by atoms with Crippen LogP contribution in [0.15, 0.2) is 85.1 Å². The van der Waals surface area contributed by atoms with E-state index in [1.54, 1.807) is 7.05 Å². The smallest absolute Gasteiger partial charge is 0.218 e. The van der Waals surface area contributed by atoms with Gasteiger partial charge < -0.3 is 9.47 Å². The fourth-order valence-corrected chi connectivity index (χ4v) is 6.50.